The predicted octanol–water partition coefficient (Wildman–Crippen LogP) is 1.47. The van der Waals surface area contributed by atoms with Gasteiger partial charge in [0.1, 0.15) is 11.1 Å². The summed E-state index contributed by atoms with van der Waals surface area (Å²) in [6, 6.07) is 0. The molecule has 10 heteroatoms. The van der Waals surface area contributed by atoms with Crippen molar-refractivity contribution in [2.45, 2.75) is 20.4 Å². The van der Waals surface area contributed by atoms with E-state index in [0.29, 0.717) is 21.5 Å². The van der Waals surface area contributed by atoms with E-state index in [0.717, 1.165) is 19.4 Å². The minimum atomic E-state index is 0.119. The van der Waals surface area contributed by atoms with Crippen molar-refractivity contribution in [3.63, 3.8) is 0 Å². The van der Waals surface area contributed by atoms with Crippen molar-refractivity contribution in [1.82, 2.24) is 25.0 Å². The second kappa shape index (κ2) is 5.57. The van der Waals surface area contributed by atoms with Crippen molar-refractivity contribution >= 4 is 55.6 Å². The maximum atomic E-state index is 12.2. The van der Waals surface area contributed by atoms with Gasteiger partial charge in [-0.3, -0.25) is 0 Å². The molecule has 3 aromatic heterocycles. The zero-order valence-corrected chi connectivity index (χ0v) is 15.5. The molecule has 0 radical (unpaired) electrons. The topological polar surface area (TPSA) is 109 Å². The second-order valence-electron chi connectivity index (χ2n) is 4.82. The van der Waals surface area contributed by atoms with Crippen LogP contribution in [0.2, 0.25) is 0 Å². The number of aryl methyl sites for hydroxylation is 1. The summed E-state index contributed by atoms with van der Waals surface area (Å²) in [6.07, 6.45) is 1.56. The van der Waals surface area contributed by atoms with Gasteiger partial charge in [-0.2, -0.15) is 9.71 Å². The lowest BCUT2D eigenvalue weighted by Gasteiger charge is -2.11. The number of pyridine rings is 1. The molecule has 8 nitrogen and oxygen atoms in total. The summed E-state index contributed by atoms with van der Waals surface area (Å²) in [4.78, 5) is 8.14. The molecule has 0 unspecified atom stereocenters. The van der Waals surface area contributed by atoms with Crippen LogP contribution in [0.5, 0.6) is 0 Å². The van der Waals surface area contributed by atoms with E-state index in [1.54, 1.807) is 10.9 Å². The number of anilines is 1. The fraction of sp³-hybridized carbons (Fsp3) is 0.250. The van der Waals surface area contributed by atoms with Crippen LogP contribution in [0.25, 0.3) is 11.2 Å². The molecule has 3 aromatic rings. The normalized spacial score (nSPS) is 11.3. The molecule has 0 atom stereocenters. The Balaban J connectivity index is 2.14. The lowest BCUT2D eigenvalue weighted by atomic mass is 10.1. The third-order valence-corrected chi connectivity index (χ3v) is 5.54. The third kappa shape index (κ3) is 2.49. The highest BCUT2D eigenvalue weighted by atomic mass is 127. The smallest absolute Gasteiger partial charge is 0.223 e. The summed E-state index contributed by atoms with van der Waals surface area (Å²) in [6.45, 7) is 4.07. The molecule has 0 fully saturated rings. The number of hydrogen-bond acceptors (Lipinski definition) is 6. The Bertz CT molecular complexity index is 895. The first-order chi connectivity index (χ1) is 10.4. The minimum absolute atomic E-state index is 0.119. The molecule has 0 spiro atoms. The number of aromatic nitrogens is 6. The van der Waals surface area contributed by atoms with Gasteiger partial charge < -0.3 is 10.9 Å². The van der Waals surface area contributed by atoms with Gasteiger partial charge in [0.25, 0.3) is 0 Å². The second-order valence-corrected chi connectivity index (χ2v) is 6.65. The van der Waals surface area contributed by atoms with Crippen molar-refractivity contribution in [3.05, 3.63) is 36.4 Å². The van der Waals surface area contributed by atoms with Crippen LogP contribution in [0.4, 0.5) is 5.95 Å². The van der Waals surface area contributed by atoms with Crippen molar-refractivity contribution in [3.8, 4) is 0 Å². The maximum absolute atomic E-state index is 12.2. The summed E-state index contributed by atoms with van der Waals surface area (Å²) in [7, 11) is 0. The highest BCUT2D eigenvalue weighted by Gasteiger charge is 2.19. The molecule has 0 saturated carbocycles. The standard InChI is InChI=1S/C12H11BrIN7O/c1-5-3-21(22)7(6(2)8(5)14)4-20-11-9(18-19-20)10(13)16-12(15)17-11/h3H,4H2,1-2H3,(H2,15,16,17). The lowest BCUT2D eigenvalue weighted by molar-refractivity contribution is -0.615. The first-order valence-electron chi connectivity index (χ1n) is 6.28. The Labute approximate surface area is 147 Å². The summed E-state index contributed by atoms with van der Waals surface area (Å²) >= 11 is 5.51. The third-order valence-electron chi connectivity index (χ3n) is 3.32. The van der Waals surface area contributed by atoms with Gasteiger partial charge >= 0.3 is 0 Å². The SMILES string of the molecule is Cc1c[n+]([O-])c(Cn2nnc3c(Br)nc(N)nc32)c(C)c1I. The maximum Gasteiger partial charge on any atom is 0.223 e. The highest BCUT2D eigenvalue weighted by molar-refractivity contribution is 14.1. The predicted molar refractivity (Wildman–Crippen MR) is 91.9 cm³/mol. The summed E-state index contributed by atoms with van der Waals surface area (Å²) in [5.74, 6) is 0.119. The number of halogens is 2. The molecule has 0 saturated heterocycles. The Morgan fingerprint density at radius 1 is 1.41 bits per heavy atom. The molecule has 0 aliphatic carbocycles. The first-order valence-corrected chi connectivity index (χ1v) is 8.15. The van der Waals surface area contributed by atoms with Gasteiger partial charge in [0, 0.05) is 14.7 Å². The van der Waals surface area contributed by atoms with Crippen LogP contribution in [-0.2, 0) is 6.54 Å². The number of rotatable bonds is 2. The van der Waals surface area contributed by atoms with E-state index in [-0.39, 0.29) is 12.5 Å². The van der Waals surface area contributed by atoms with Crippen LogP contribution in [0.1, 0.15) is 16.8 Å². The van der Waals surface area contributed by atoms with Gasteiger partial charge in [-0.25, -0.2) is 9.67 Å². The van der Waals surface area contributed by atoms with Crippen LogP contribution >= 0.6 is 38.5 Å². The molecular weight excluding hydrogens is 465 g/mol. The molecule has 0 amide bonds. The molecule has 0 aliphatic rings. The summed E-state index contributed by atoms with van der Waals surface area (Å²) in [5, 5.41) is 20.3. The quantitative estimate of drug-likeness (QED) is 0.260. The van der Waals surface area contributed by atoms with Gasteiger partial charge in [0.15, 0.2) is 17.4 Å². The molecule has 0 bridgehead atoms. The van der Waals surface area contributed by atoms with Crippen LogP contribution in [0.15, 0.2) is 10.8 Å². The molecule has 0 aliphatic heterocycles. The molecule has 3 heterocycles. The van der Waals surface area contributed by atoms with Gasteiger partial charge in [-0.1, -0.05) is 5.21 Å². The number of nitrogens with zero attached hydrogens (tertiary/aromatic N) is 6. The van der Waals surface area contributed by atoms with Crippen LogP contribution in [0, 0.1) is 22.6 Å². The molecular formula is C12H11BrIN7O. The average molecular weight is 476 g/mol. The zero-order valence-electron chi connectivity index (χ0n) is 11.7. The summed E-state index contributed by atoms with van der Waals surface area (Å²) < 4.78 is 3.94. The van der Waals surface area contributed by atoms with Crippen LogP contribution < -0.4 is 10.5 Å². The number of hydrogen-bond donors (Lipinski definition) is 1. The monoisotopic (exact) mass is 475 g/mol. The van der Waals surface area contributed by atoms with Gasteiger partial charge in [-0.05, 0) is 52.4 Å². The van der Waals surface area contributed by atoms with E-state index in [2.05, 4.69) is 58.8 Å². The largest absolute Gasteiger partial charge is 0.618 e. The van der Waals surface area contributed by atoms with Crippen LogP contribution in [0.3, 0.4) is 0 Å². The summed E-state index contributed by atoms with van der Waals surface area (Å²) in [5.41, 5.74) is 9.10. The Kier molecular flexibility index (Phi) is 3.89. The van der Waals surface area contributed by atoms with Crippen molar-refractivity contribution < 1.29 is 4.73 Å². The van der Waals surface area contributed by atoms with E-state index in [1.165, 1.54) is 0 Å². The molecule has 114 valence electrons. The van der Waals surface area contributed by atoms with Gasteiger partial charge in [0.2, 0.25) is 11.6 Å². The first kappa shape index (κ1) is 15.3. The van der Waals surface area contributed by atoms with E-state index in [4.69, 9.17) is 5.73 Å². The number of nitrogen functional groups attached to an aromatic ring is 1. The lowest BCUT2D eigenvalue weighted by Crippen LogP contribution is -2.35. The zero-order chi connectivity index (χ0) is 16.0. The van der Waals surface area contributed by atoms with E-state index in [9.17, 15) is 5.21 Å². The molecule has 0 aromatic carbocycles. The van der Waals surface area contributed by atoms with E-state index >= 15 is 0 Å². The number of fused-ring (bicyclic) bond motifs is 1. The van der Waals surface area contributed by atoms with Crippen molar-refractivity contribution in [2.75, 3.05) is 5.73 Å². The average Bonchev–Trinajstić information content (AvgIpc) is 2.84. The van der Waals surface area contributed by atoms with E-state index in [1.807, 2.05) is 13.8 Å². The van der Waals surface area contributed by atoms with Gasteiger partial charge in [0.05, 0.1) is 0 Å². The fourth-order valence-corrected chi connectivity index (χ4v) is 3.06. The van der Waals surface area contributed by atoms with Gasteiger partial charge in [-0.15, -0.1) is 5.10 Å². The highest BCUT2D eigenvalue weighted by Crippen LogP contribution is 2.21. The molecule has 22 heavy (non-hydrogen) atoms. The Morgan fingerprint density at radius 2 is 2.14 bits per heavy atom. The van der Waals surface area contributed by atoms with Crippen LogP contribution in [-0.4, -0.2) is 25.0 Å². The Hall–Kier alpha value is -1.56. The minimum Gasteiger partial charge on any atom is -0.618 e. The van der Waals surface area contributed by atoms with Crippen molar-refractivity contribution in [2.24, 2.45) is 0 Å². The fourth-order valence-electron chi connectivity index (χ4n) is 2.17. The Morgan fingerprint density at radius 3 is 2.86 bits per heavy atom. The number of nitrogens with two attached hydrogens (primary N) is 1. The van der Waals surface area contributed by atoms with E-state index < -0.39 is 0 Å². The molecule has 2 N–H and O–H groups in total. The van der Waals surface area contributed by atoms with Crippen molar-refractivity contribution in [1.29, 1.82) is 0 Å². The molecule has 3 rings (SSSR count).